The average molecular weight is 285 g/mol. The van der Waals surface area contributed by atoms with Gasteiger partial charge in [-0.1, -0.05) is 11.6 Å². The van der Waals surface area contributed by atoms with E-state index in [1.165, 1.54) is 0 Å². The highest BCUT2D eigenvalue weighted by Crippen LogP contribution is 2.21. The number of ether oxygens (including phenoxy) is 1. The highest BCUT2D eigenvalue weighted by Gasteiger charge is 2.06. The van der Waals surface area contributed by atoms with Crippen molar-refractivity contribution in [2.24, 2.45) is 0 Å². The Morgan fingerprint density at radius 3 is 2.50 bits per heavy atom. The van der Waals surface area contributed by atoms with Crippen molar-refractivity contribution >= 4 is 29.2 Å². The fraction of sp³-hybridized carbons (Fsp3) is 0.182. The van der Waals surface area contributed by atoms with Crippen LogP contribution in [0.3, 0.4) is 0 Å². The van der Waals surface area contributed by atoms with Crippen molar-refractivity contribution in [1.29, 1.82) is 0 Å². The van der Waals surface area contributed by atoms with Gasteiger partial charge >= 0.3 is 6.01 Å². The van der Waals surface area contributed by atoms with E-state index >= 15 is 0 Å². The second kappa shape index (κ2) is 5.84. The third kappa shape index (κ3) is 3.45. The molecule has 1 aromatic carbocycles. The molecule has 0 saturated heterocycles. The molecule has 0 atom stereocenters. The first-order chi connectivity index (χ1) is 8.67. The van der Waals surface area contributed by atoms with E-state index in [4.69, 9.17) is 27.9 Å². The lowest BCUT2D eigenvalue weighted by Gasteiger charge is -2.06. The van der Waals surface area contributed by atoms with Crippen LogP contribution >= 0.6 is 23.2 Å². The molecule has 1 N–H and O–H groups in total. The zero-order valence-electron chi connectivity index (χ0n) is 9.52. The van der Waals surface area contributed by atoms with Crippen molar-refractivity contribution < 1.29 is 4.74 Å². The van der Waals surface area contributed by atoms with Crippen LogP contribution in [0.4, 0.5) is 5.95 Å². The van der Waals surface area contributed by atoms with Crippen LogP contribution in [0.1, 0.15) is 6.92 Å². The molecule has 0 aliphatic heterocycles. The maximum absolute atomic E-state index is 5.78. The Morgan fingerprint density at radius 2 is 1.83 bits per heavy atom. The van der Waals surface area contributed by atoms with Gasteiger partial charge in [0, 0.05) is 11.6 Å². The first-order valence-corrected chi connectivity index (χ1v) is 6.02. The number of rotatable bonds is 4. The van der Waals surface area contributed by atoms with E-state index in [1.54, 1.807) is 24.3 Å². The first-order valence-electron chi connectivity index (χ1n) is 5.26. The second-order valence-electron chi connectivity index (χ2n) is 3.30. The van der Waals surface area contributed by atoms with Gasteiger partial charge in [-0.15, -0.1) is 0 Å². The summed E-state index contributed by atoms with van der Waals surface area (Å²) in [5, 5.41) is 3.64. The van der Waals surface area contributed by atoms with Crippen LogP contribution in [0.2, 0.25) is 10.3 Å². The minimum absolute atomic E-state index is 0.0740. The lowest BCUT2D eigenvalue weighted by molar-refractivity contribution is 0.440. The van der Waals surface area contributed by atoms with Gasteiger partial charge in [0.1, 0.15) is 5.75 Å². The summed E-state index contributed by atoms with van der Waals surface area (Å²) >= 11 is 11.6. The van der Waals surface area contributed by atoms with E-state index in [-0.39, 0.29) is 11.3 Å². The zero-order valence-corrected chi connectivity index (χ0v) is 11.0. The molecule has 0 radical (unpaired) electrons. The topological polar surface area (TPSA) is 59.9 Å². The Kier molecular flexibility index (Phi) is 4.17. The van der Waals surface area contributed by atoms with Crippen LogP contribution < -0.4 is 10.1 Å². The molecule has 94 valence electrons. The van der Waals surface area contributed by atoms with Crippen molar-refractivity contribution in [1.82, 2.24) is 15.0 Å². The van der Waals surface area contributed by atoms with Gasteiger partial charge in [0.2, 0.25) is 11.2 Å². The smallest absolute Gasteiger partial charge is 0.328 e. The molecule has 0 aliphatic carbocycles. The summed E-state index contributed by atoms with van der Waals surface area (Å²) in [5.74, 6) is 0.950. The van der Waals surface area contributed by atoms with Crippen LogP contribution in [-0.4, -0.2) is 21.5 Å². The lowest BCUT2D eigenvalue weighted by Crippen LogP contribution is -2.04. The van der Waals surface area contributed by atoms with Crippen molar-refractivity contribution in [3.63, 3.8) is 0 Å². The zero-order chi connectivity index (χ0) is 13.0. The molecule has 1 aromatic heterocycles. The first kappa shape index (κ1) is 12.9. The molecule has 5 nitrogen and oxygen atoms in total. The number of halogens is 2. The van der Waals surface area contributed by atoms with Crippen molar-refractivity contribution in [3.8, 4) is 11.8 Å². The SMILES string of the molecule is CCNc1nc(Cl)nc(Oc2ccc(Cl)cc2)n1. The lowest BCUT2D eigenvalue weighted by atomic mass is 10.3. The van der Waals surface area contributed by atoms with Gasteiger partial charge in [-0.25, -0.2) is 0 Å². The molecule has 0 aliphatic rings. The fourth-order valence-electron chi connectivity index (χ4n) is 1.22. The Bertz CT molecular complexity index is 533. The van der Waals surface area contributed by atoms with Crippen LogP contribution in [-0.2, 0) is 0 Å². The maximum atomic E-state index is 5.78. The summed E-state index contributed by atoms with van der Waals surface area (Å²) < 4.78 is 5.46. The highest BCUT2D eigenvalue weighted by molar-refractivity contribution is 6.30. The standard InChI is InChI=1S/C11H10Cl2N4O/c1-2-14-10-15-9(13)16-11(17-10)18-8-5-3-7(12)4-6-8/h3-6H,2H2,1H3,(H,14,15,16,17). The fourth-order valence-corrected chi connectivity index (χ4v) is 1.50. The van der Waals surface area contributed by atoms with Crippen molar-refractivity contribution in [2.75, 3.05) is 11.9 Å². The minimum Gasteiger partial charge on any atom is -0.424 e. The summed E-state index contributed by atoms with van der Waals surface area (Å²) in [4.78, 5) is 11.9. The molecule has 0 bridgehead atoms. The predicted molar refractivity (Wildman–Crippen MR) is 70.5 cm³/mol. The van der Waals surface area contributed by atoms with Crippen LogP contribution in [0, 0.1) is 0 Å². The highest BCUT2D eigenvalue weighted by atomic mass is 35.5. The van der Waals surface area contributed by atoms with E-state index in [1.807, 2.05) is 6.92 Å². The van der Waals surface area contributed by atoms with Gasteiger partial charge in [0.25, 0.3) is 0 Å². The van der Waals surface area contributed by atoms with Crippen LogP contribution in [0.25, 0.3) is 0 Å². The summed E-state index contributed by atoms with van der Waals surface area (Å²) in [6, 6.07) is 6.99. The summed E-state index contributed by atoms with van der Waals surface area (Å²) in [7, 11) is 0. The third-order valence-electron chi connectivity index (χ3n) is 1.95. The van der Waals surface area contributed by atoms with Gasteiger partial charge < -0.3 is 10.1 Å². The molecular weight excluding hydrogens is 275 g/mol. The van der Waals surface area contributed by atoms with Crippen LogP contribution in [0.5, 0.6) is 11.8 Å². The number of benzene rings is 1. The number of aromatic nitrogens is 3. The minimum atomic E-state index is 0.0740. The molecule has 2 aromatic rings. The van der Waals surface area contributed by atoms with E-state index in [9.17, 15) is 0 Å². The second-order valence-corrected chi connectivity index (χ2v) is 4.07. The van der Waals surface area contributed by atoms with E-state index in [0.717, 1.165) is 0 Å². The number of hydrogen-bond acceptors (Lipinski definition) is 5. The Morgan fingerprint density at radius 1 is 1.11 bits per heavy atom. The Hall–Kier alpha value is -1.59. The van der Waals surface area contributed by atoms with Crippen LogP contribution in [0.15, 0.2) is 24.3 Å². The van der Waals surface area contributed by atoms with E-state index in [0.29, 0.717) is 23.3 Å². The maximum Gasteiger partial charge on any atom is 0.328 e. The summed E-state index contributed by atoms with van der Waals surface area (Å²) in [6.07, 6.45) is 0. The Balaban J connectivity index is 2.20. The van der Waals surface area contributed by atoms with Crippen molar-refractivity contribution in [3.05, 3.63) is 34.6 Å². The summed E-state index contributed by atoms with van der Waals surface area (Å²) in [5.41, 5.74) is 0. The average Bonchev–Trinajstić information content (AvgIpc) is 2.32. The van der Waals surface area contributed by atoms with Gasteiger partial charge in [-0.2, -0.15) is 15.0 Å². The van der Waals surface area contributed by atoms with Crippen molar-refractivity contribution in [2.45, 2.75) is 6.92 Å². The van der Waals surface area contributed by atoms with Gasteiger partial charge in [0.05, 0.1) is 0 Å². The number of nitrogens with one attached hydrogen (secondary N) is 1. The molecule has 0 spiro atoms. The normalized spacial score (nSPS) is 10.2. The predicted octanol–water partition coefficient (Wildman–Crippen LogP) is 3.40. The van der Waals surface area contributed by atoms with E-state index in [2.05, 4.69) is 20.3 Å². The molecule has 7 heteroatoms. The Labute approximate surface area is 114 Å². The number of nitrogens with zero attached hydrogens (tertiary/aromatic N) is 3. The number of anilines is 1. The molecule has 2 rings (SSSR count). The molecular formula is C11H10Cl2N4O. The molecule has 0 unspecified atom stereocenters. The molecule has 0 amide bonds. The largest absolute Gasteiger partial charge is 0.424 e. The summed E-state index contributed by atoms with van der Waals surface area (Å²) in [6.45, 7) is 2.61. The monoisotopic (exact) mass is 284 g/mol. The number of hydrogen-bond donors (Lipinski definition) is 1. The quantitative estimate of drug-likeness (QED) is 0.932. The van der Waals surface area contributed by atoms with E-state index < -0.39 is 0 Å². The molecule has 0 saturated carbocycles. The third-order valence-corrected chi connectivity index (χ3v) is 2.37. The van der Waals surface area contributed by atoms with Gasteiger partial charge in [0.15, 0.2) is 0 Å². The molecule has 0 fully saturated rings. The molecule has 18 heavy (non-hydrogen) atoms. The van der Waals surface area contributed by atoms with Gasteiger partial charge in [-0.05, 0) is 42.8 Å². The molecule has 1 heterocycles. The van der Waals surface area contributed by atoms with Gasteiger partial charge in [-0.3, -0.25) is 0 Å².